The van der Waals surface area contributed by atoms with Crippen LogP contribution in [0, 0.1) is 0 Å². The van der Waals surface area contributed by atoms with Crippen molar-refractivity contribution in [3.63, 3.8) is 0 Å². The number of rotatable bonds is 1. The molecule has 1 aliphatic heterocycles. The predicted octanol–water partition coefficient (Wildman–Crippen LogP) is 2.97. The van der Waals surface area contributed by atoms with Gasteiger partial charge in [0, 0.05) is 4.70 Å². The molecule has 0 radical (unpaired) electrons. The molecule has 12 heavy (non-hydrogen) atoms. The standard InChI is InChI=1S/C10H8OS/c1-2-8(9-6-11-9)5-10-7(1)3-4-12-10/h1-5,9H,6H2. The molecule has 1 aliphatic rings. The summed E-state index contributed by atoms with van der Waals surface area (Å²) in [5, 5.41) is 3.46. The Hall–Kier alpha value is -0.860. The molecule has 0 saturated carbocycles. The van der Waals surface area contributed by atoms with Crippen LogP contribution in [0.2, 0.25) is 0 Å². The van der Waals surface area contributed by atoms with Gasteiger partial charge in [-0.1, -0.05) is 12.1 Å². The Kier molecular flexibility index (Phi) is 1.28. The number of benzene rings is 1. The fourth-order valence-electron chi connectivity index (χ4n) is 1.41. The lowest BCUT2D eigenvalue weighted by Crippen LogP contribution is -1.77. The normalized spacial score (nSPS) is 21.5. The molecule has 0 N–H and O–H groups in total. The fraction of sp³-hybridized carbons (Fsp3) is 0.200. The molecule has 2 heterocycles. The summed E-state index contributed by atoms with van der Waals surface area (Å²) in [4.78, 5) is 0. The molecule has 0 aliphatic carbocycles. The first-order valence-electron chi connectivity index (χ1n) is 4.02. The highest BCUT2D eigenvalue weighted by Gasteiger charge is 2.24. The van der Waals surface area contributed by atoms with Crippen LogP contribution < -0.4 is 0 Å². The Labute approximate surface area is 74.6 Å². The minimum Gasteiger partial charge on any atom is -0.368 e. The van der Waals surface area contributed by atoms with Crippen molar-refractivity contribution in [2.45, 2.75) is 6.10 Å². The van der Waals surface area contributed by atoms with Gasteiger partial charge in [0.2, 0.25) is 0 Å². The van der Waals surface area contributed by atoms with E-state index in [9.17, 15) is 0 Å². The topological polar surface area (TPSA) is 12.5 Å². The molecule has 1 fully saturated rings. The van der Waals surface area contributed by atoms with Gasteiger partial charge in [0.25, 0.3) is 0 Å². The molecule has 1 aromatic carbocycles. The molecule has 2 aromatic rings. The third-order valence-corrected chi connectivity index (χ3v) is 3.06. The van der Waals surface area contributed by atoms with Gasteiger partial charge in [-0.05, 0) is 28.5 Å². The van der Waals surface area contributed by atoms with Crippen molar-refractivity contribution in [2.24, 2.45) is 0 Å². The first-order chi connectivity index (χ1) is 5.93. The fourth-order valence-corrected chi connectivity index (χ4v) is 2.25. The lowest BCUT2D eigenvalue weighted by Gasteiger charge is -1.94. The summed E-state index contributed by atoms with van der Waals surface area (Å²) in [7, 11) is 0. The zero-order chi connectivity index (χ0) is 7.97. The van der Waals surface area contributed by atoms with Crippen molar-refractivity contribution in [2.75, 3.05) is 6.61 Å². The second-order valence-corrected chi connectivity index (χ2v) is 3.99. The Morgan fingerprint density at radius 1 is 1.33 bits per heavy atom. The van der Waals surface area contributed by atoms with Crippen LogP contribution in [0.25, 0.3) is 10.1 Å². The summed E-state index contributed by atoms with van der Waals surface area (Å²) in [5.41, 5.74) is 1.32. The highest BCUT2D eigenvalue weighted by Crippen LogP contribution is 2.32. The number of ether oxygens (including phenoxy) is 1. The van der Waals surface area contributed by atoms with Crippen LogP contribution in [0.4, 0.5) is 0 Å². The average molecular weight is 176 g/mol. The number of epoxide rings is 1. The Morgan fingerprint density at radius 3 is 3.08 bits per heavy atom. The predicted molar refractivity (Wildman–Crippen MR) is 50.5 cm³/mol. The van der Waals surface area contributed by atoms with Crippen molar-refractivity contribution < 1.29 is 4.74 Å². The van der Waals surface area contributed by atoms with Crippen LogP contribution in [-0.2, 0) is 4.74 Å². The summed E-state index contributed by atoms with van der Waals surface area (Å²) in [6.45, 7) is 0.900. The first-order valence-corrected chi connectivity index (χ1v) is 4.90. The average Bonchev–Trinajstić information content (AvgIpc) is 2.84. The molecule has 2 heteroatoms. The highest BCUT2D eigenvalue weighted by molar-refractivity contribution is 7.17. The van der Waals surface area contributed by atoms with Crippen LogP contribution in [0.5, 0.6) is 0 Å². The maximum atomic E-state index is 5.22. The van der Waals surface area contributed by atoms with E-state index in [2.05, 4.69) is 29.6 Å². The van der Waals surface area contributed by atoms with Crippen molar-refractivity contribution in [1.29, 1.82) is 0 Å². The summed E-state index contributed by atoms with van der Waals surface area (Å²) >= 11 is 1.79. The maximum absolute atomic E-state index is 5.22. The second-order valence-electron chi connectivity index (χ2n) is 3.04. The van der Waals surface area contributed by atoms with E-state index >= 15 is 0 Å². The Morgan fingerprint density at radius 2 is 2.25 bits per heavy atom. The number of fused-ring (bicyclic) bond motifs is 1. The zero-order valence-electron chi connectivity index (χ0n) is 6.49. The van der Waals surface area contributed by atoms with E-state index in [-0.39, 0.29) is 0 Å². The third kappa shape index (κ3) is 0.958. The van der Waals surface area contributed by atoms with Gasteiger partial charge in [-0.2, -0.15) is 0 Å². The molecule has 1 aromatic heterocycles. The van der Waals surface area contributed by atoms with Crippen LogP contribution in [-0.4, -0.2) is 6.61 Å². The molecule has 1 unspecified atom stereocenters. The quantitative estimate of drug-likeness (QED) is 0.608. The first kappa shape index (κ1) is 6.63. The highest BCUT2D eigenvalue weighted by atomic mass is 32.1. The summed E-state index contributed by atoms with van der Waals surface area (Å²) < 4.78 is 6.59. The SMILES string of the molecule is c1cc2ccc(C3CO3)cc2s1. The summed E-state index contributed by atoms with van der Waals surface area (Å²) in [6, 6.07) is 8.71. The number of hydrogen-bond acceptors (Lipinski definition) is 2. The van der Waals surface area contributed by atoms with Gasteiger partial charge in [0.15, 0.2) is 0 Å². The smallest absolute Gasteiger partial charge is 0.106 e. The van der Waals surface area contributed by atoms with Gasteiger partial charge < -0.3 is 4.74 Å². The van der Waals surface area contributed by atoms with Crippen molar-refractivity contribution in [3.05, 3.63) is 35.2 Å². The zero-order valence-corrected chi connectivity index (χ0v) is 7.30. The summed E-state index contributed by atoms with van der Waals surface area (Å²) in [5.74, 6) is 0. The van der Waals surface area contributed by atoms with Gasteiger partial charge >= 0.3 is 0 Å². The molecule has 0 spiro atoms. The van der Waals surface area contributed by atoms with Crippen molar-refractivity contribution in [3.8, 4) is 0 Å². The van der Waals surface area contributed by atoms with E-state index in [0.717, 1.165) is 6.61 Å². The molecule has 1 saturated heterocycles. The third-order valence-electron chi connectivity index (χ3n) is 2.19. The molecule has 60 valence electrons. The Balaban J connectivity index is 2.21. The summed E-state index contributed by atoms with van der Waals surface area (Å²) in [6.07, 6.45) is 0.386. The van der Waals surface area contributed by atoms with Gasteiger partial charge in [-0.3, -0.25) is 0 Å². The molecular weight excluding hydrogens is 168 g/mol. The minimum atomic E-state index is 0.386. The van der Waals surface area contributed by atoms with E-state index in [0.29, 0.717) is 6.10 Å². The Bertz CT molecular complexity index is 414. The van der Waals surface area contributed by atoms with Gasteiger partial charge in [0.05, 0.1) is 6.61 Å². The van der Waals surface area contributed by atoms with Crippen LogP contribution in [0.15, 0.2) is 29.6 Å². The molecule has 1 nitrogen and oxygen atoms in total. The maximum Gasteiger partial charge on any atom is 0.106 e. The lowest BCUT2D eigenvalue weighted by molar-refractivity contribution is 0.416. The van der Waals surface area contributed by atoms with E-state index in [1.165, 1.54) is 15.6 Å². The van der Waals surface area contributed by atoms with Gasteiger partial charge in [-0.15, -0.1) is 11.3 Å². The van der Waals surface area contributed by atoms with E-state index in [1.54, 1.807) is 11.3 Å². The van der Waals surface area contributed by atoms with E-state index in [1.807, 2.05) is 0 Å². The molecule has 0 amide bonds. The van der Waals surface area contributed by atoms with Crippen LogP contribution in [0.1, 0.15) is 11.7 Å². The van der Waals surface area contributed by atoms with Gasteiger partial charge in [-0.25, -0.2) is 0 Å². The van der Waals surface area contributed by atoms with Crippen LogP contribution >= 0.6 is 11.3 Å². The van der Waals surface area contributed by atoms with E-state index in [4.69, 9.17) is 4.74 Å². The largest absolute Gasteiger partial charge is 0.368 e. The monoisotopic (exact) mass is 176 g/mol. The number of thiophene rings is 1. The minimum absolute atomic E-state index is 0.386. The number of hydrogen-bond donors (Lipinski definition) is 0. The van der Waals surface area contributed by atoms with Gasteiger partial charge in [0.1, 0.15) is 6.10 Å². The van der Waals surface area contributed by atoms with Crippen molar-refractivity contribution >= 4 is 21.4 Å². The van der Waals surface area contributed by atoms with Crippen LogP contribution in [0.3, 0.4) is 0 Å². The molecule has 3 rings (SSSR count). The molecule has 0 bridgehead atoms. The molecule has 1 atom stereocenters. The lowest BCUT2D eigenvalue weighted by atomic mass is 10.1. The van der Waals surface area contributed by atoms with Crippen molar-refractivity contribution in [1.82, 2.24) is 0 Å². The molecular formula is C10H8OS. The van der Waals surface area contributed by atoms with E-state index < -0.39 is 0 Å². The second kappa shape index (κ2) is 2.31.